The van der Waals surface area contributed by atoms with Gasteiger partial charge in [0.1, 0.15) is 11.3 Å². The van der Waals surface area contributed by atoms with E-state index in [1.807, 2.05) is 0 Å². The number of nitrogens with zero attached hydrogens (tertiary/aromatic N) is 4. The summed E-state index contributed by atoms with van der Waals surface area (Å²) in [6.45, 7) is 0.557. The topological polar surface area (TPSA) is 90.5 Å². The fourth-order valence-electron chi connectivity index (χ4n) is 2.99. The maximum atomic E-state index is 13.1. The van der Waals surface area contributed by atoms with Crippen molar-refractivity contribution in [3.63, 3.8) is 0 Å². The molecule has 0 bridgehead atoms. The summed E-state index contributed by atoms with van der Waals surface area (Å²) in [4.78, 5) is 28.9. The lowest BCUT2D eigenvalue weighted by atomic mass is 10.1. The summed E-state index contributed by atoms with van der Waals surface area (Å²) in [6.07, 6.45) is 4.70. The van der Waals surface area contributed by atoms with Gasteiger partial charge in [0.2, 0.25) is 5.88 Å². The number of methoxy groups -OCH3 is 1. The zero-order valence-electron chi connectivity index (χ0n) is 16.1. The van der Waals surface area contributed by atoms with Crippen LogP contribution >= 0.6 is 0 Å². The number of aromatic nitrogens is 4. The zero-order valence-corrected chi connectivity index (χ0v) is 16.1. The molecule has 0 unspecified atom stereocenters. The molecule has 0 saturated carbocycles. The molecule has 152 valence electrons. The minimum Gasteiger partial charge on any atom is -0.481 e. The number of fused-ring (bicyclic) bond motifs is 1. The second-order valence-corrected chi connectivity index (χ2v) is 6.51. The first-order chi connectivity index (χ1) is 14.5. The quantitative estimate of drug-likeness (QED) is 0.529. The van der Waals surface area contributed by atoms with Gasteiger partial charge in [-0.15, -0.1) is 0 Å². The molecule has 0 aliphatic carbocycles. The Labute approximate surface area is 170 Å². The lowest BCUT2D eigenvalue weighted by molar-refractivity contribution is 0.0951. The number of amides is 1. The normalized spacial score (nSPS) is 10.9. The van der Waals surface area contributed by atoms with Crippen LogP contribution in [0, 0.1) is 5.82 Å². The van der Waals surface area contributed by atoms with Gasteiger partial charge in [-0.2, -0.15) is 5.10 Å². The highest BCUT2D eigenvalue weighted by atomic mass is 19.1. The SMILES string of the molecule is COc1ccc(C(=O)NCCn2ccn3nc(-c4ccc(F)cc4)cc3c2=O)cn1. The Balaban J connectivity index is 1.46. The number of pyridine rings is 1. The average Bonchev–Trinajstić information content (AvgIpc) is 3.21. The molecule has 0 aliphatic rings. The standard InChI is InChI=1S/C21H18FN5O3/c1-30-19-7-4-15(13-24-19)20(28)23-8-9-26-10-11-27-18(21(26)29)12-17(25-27)14-2-5-16(22)6-3-14/h2-7,10-13H,8-9H2,1H3,(H,23,28). The first-order valence-corrected chi connectivity index (χ1v) is 9.18. The third kappa shape index (κ3) is 3.90. The highest BCUT2D eigenvalue weighted by Crippen LogP contribution is 2.18. The molecule has 30 heavy (non-hydrogen) atoms. The molecule has 1 aromatic carbocycles. The Morgan fingerprint density at radius 1 is 1.17 bits per heavy atom. The molecule has 0 spiro atoms. The minimum absolute atomic E-state index is 0.237. The van der Waals surface area contributed by atoms with Crippen molar-refractivity contribution < 1.29 is 13.9 Å². The summed E-state index contributed by atoms with van der Waals surface area (Å²) >= 11 is 0. The molecule has 4 aromatic rings. The summed E-state index contributed by atoms with van der Waals surface area (Å²) in [7, 11) is 1.50. The van der Waals surface area contributed by atoms with Crippen LogP contribution in [-0.4, -0.2) is 38.7 Å². The number of carbonyl (C=O) groups excluding carboxylic acids is 1. The van der Waals surface area contributed by atoms with Crippen molar-refractivity contribution in [1.29, 1.82) is 0 Å². The highest BCUT2D eigenvalue weighted by Gasteiger charge is 2.10. The fourth-order valence-corrected chi connectivity index (χ4v) is 2.99. The van der Waals surface area contributed by atoms with Crippen molar-refractivity contribution in [2.45, 2.75) is 6.54 Å². The lowest BCUT2D eigenvalue weighted by Crippen LogP contribution is -2.31. The monoisotopic (exact) mass is 407 g/mol. The Hall–Kier alpha value is -4.01. The van der Waals surface area contributed by atoms with Crippen LogP contribution in [0.25, 0.3) is 16.8 Å². The second kappa shape index (κ2) is 8.16. The van der Waals surface area contributed by atoms with E-state index >= 15 is 0 Å². The van der Waals surface area contributed by atoms with Gasteiger partial charge in [-0.1, -0.05) is 0 Å². The molecule has 8 nitrogen and oxygen atoms in total. The Morgan fingerprint density at radius 2 is 1.97 bits per heavy atom. The van der Waals surface area contributed by atoms with Gasteiger partial charge in [0.05, 0.1) is 18.4 Å². The van der Waals surface area contributed by atoms with E-state index in [4.69, 9.17) is 4.74 Å². The molecule has 0 radical (unpaired) electrons. The molecule has 1 N–H and O–H groups in total. The van der Waals surface area contributed by atoms with Crippen LogP contribution in [0.15, 0.2) is 65.8 Å². The van der Waals surface area contributed by atoms with Crippen LogP contribution in [0.3, 0.4) is 0 Å². The Kier molecular flexibility index (Phi) is 5.25. The van der Waals surface area contributed by atoms with Crippen LogP contribution in [-0.2, 0) is 6.54 Å². The van der Waals surface area contributed by atoms with E-state index in [1.54, 1.807) is 42.7 Å². The van der Waals surface area contributed by atoms with Gasteiger partial charge >= 0.3 is 0 Å². The van der Waals surface area contributed by atoms with Crippen LogP contribution in [0.5, 0.6) is 5.88 Å². The van der Waals surface area contributed by atoms with Gasteiger partial charge < -0.3 is 14.6 Å². The predicted molar refractivity (Wildman–Crippen MR) is 108 cm³/mol. The molecule has 0 aliphatic heterocycles. The predicted octanol–water partition coefficient (Wildman–Crippen LogP) is 2.14. The van der Waals surface area contributed by atoms with Crippen molar-refractivity contribution in [1.82, 2.24) is 24.5 Å². The smallest absolute Gasteiger partial charge is 0.276 e. The third-order valence-electron chi connectivity index (χ3n) is 4.59. The Morgan fingerprint density at radius 3 is 2.67 bits per heavy atom. The zero-order chi connectivity index (χ0) is 21.1. The molecule has 3 heterocycles. The average molecular weight is 407 g/mol. The molecule has 0 fully saturated rings. The number of ether oxygens (including phenoxy) is 1. The van der Waals surface area contributed by atoms with E-state index in [1.165, 1.54) is 34.5 Å². The van der Waals surface area contributed by atoms with Gasteiger partial charge in [-0.3, -0.25) is 9.59 Å². The molecule has 9 heteroatoms. The summed E-state index contributed by atoms with van der Waals surface area (Å²) in [6, 6.07) is 10.8. The molecule has 0 atom stereocenters. The fraction of sp³-hybridized carbons (Fsp3) is 0.143. The minimum atomic E-state index is -0.336. The van der Waals surface area contributed by atoms with E-state index < -0.39 is 0 Å². The highest BCUT2D eigenvalue weighted by molar-refractivity contribution is 5.93. The van der Waals surface area contributed by atoms with Gasteiger partial charge in [0.15, 0.2) is 0 Å². The maximum absolute atomic E-state index is 13.1. The Bertz CT molecular complexity index is 1250. The molecule has 3 aromatic heterocycles. The molecule has 1 amide bonds. The summed E-state index contributed by atoms with van der Waals surface area (Å²) in [5.74, 6) is -0.202. The number of carbonyl (C=O) groups is 1. The first-order valence-electron chi connectivity index (χ1n) is 9.18. The van der Waals surface area contributed by atoms with Gasteiger partial charge in [0.25, 0.3) is 11.5 Å². The van der Waals surface area contributed by atoms with E-state index in [0.29, 0.717) is 34.8 Å². The van der Waals surface area contributed by atoms with Crippen LogP contribution in [0.1, 0.15) is 10.4 Å². The van der Waals surface area contributed by atoms with Gasteiger partial charge in [0, 0.05) is 43.3 Å². The maximum Gasteiger partial charge on any atom is 0.276 e. The van der Waals surface area contributed by atoms with Crippen LogP contribution in [0.4, 0.5) is 4.39 Å². The van der Waals surface area contributed by atoms with E-state index in [-0.39, 0.29) is 23.8 Å². The largest absolute Gasteiger partial charge is 0.481 e. The van der Waals surface area contributed by atoms with Gasteiger partial charge in [-0.25, -0.2) is 13.9 Å². The third-order valence-corrected chi connectivity index (χ3v) is 4.59. The van der Waals surface area contributed by atoms with Crippen LogP contribution in [0.2, 0.25) is 0 Å². The van der Waals surface area contributed by atoms with E-state index in [0.717, 1.165) is 0 Å². The number of rotatable bonds is 6. The molecule has 4 rings (SSSR count). The summed E-state index contributed by atoms with van der Waals surface area (Å²) in [5, 5.41) is 7.13. The van der Waals surface area contributed by atoms with Crippen molar-refractivity contribution in [3.8, 4) is 17.1 Å². The number of halogens is 1. The number of nitrogens with one attached hydrogen (secondary N) is 1. The number of benzene rings is 1. The molecular weight excluding hydrogens is 389 g/mol. The van der Waals surface area contributed by atoms with Crippen molar-refractivity contribution >= 4 is 11.4 Å². The van der Waals surface area contributed by atoms with Crippen molar-refractivity contribution in [3.05, 3.63) is 82.8 Å². The van der Waals surface area contributed by atoms with Crippen LogP contribution < -0.4 is 15.6 Å². The summed E-state index contributed by atoms with van der Waals surface area (Å²) < 4.78 is 21.1. The number of hydrogen-bond donors (Lipinski definition) is 1. The van der Waals surface area contributed by atoms with Crippen molar-refractivity contribution in [2.75, 3.05) is 13.7 Å². The summed E-state index contributed by atoms with van der Waals surface area (Å²) in [5.41, 5.74) is 1.84. The first kappa shape index (κ1) is 19.3. The molecule has 0 saturated heterocycles. The lowest BCUT2D eigenvalue weighted by Gasteiger charge is -2.08. The second-order valence-electron chi connectivity index (χ2n) is 6.51. The van der Waals surface area contributed by atoms with Gasteiger partial charge in [-0.05, 0) is 36.4 Å². The molecular formula is C21H18FN5O3. The van der Waals surface area contributed by atoms with E-state index in [2.05, 4.69) is 15.4 Å². The van der Waals surface area contributed by atoms with Crippen molar-refractivity contribution in [2.24, 2.45) is 0 Å². The number of hydrogen-bond acceptors (Lipinski definition) is 5. The van der Waals surface area contributed by atoms with E-state index in [9.17, 15) is 14.0 Å².